The molecular formula is C17H33NO2. The van der Waals surface area contributed by atoms with Crippen molar-refractivity contribution in [3.05, 3.63) is 0 Å². The van der Waals surface area contributed by atoms with Gasteiger partial charge in [0.2, 0.25) is 0 Å². The first kappa shape index (κ1) is 16.3. The highest BCUT2D eigenvalue weighted by Gasteiger charge is 2.55. The van der Waals surface area contributed by atoms with Gasteiger partial charge in [-0.15, -0.1) is 0 Å². The predicted octanol–water partition coefficient (Wildman–Crippen LogP) is 3.52. The van der Waals surface area contributed by atoms with Gasteiger partial charge in [0.15, 0.2) is 0 Å². The second-order valence-corrected chi connectivity index (χ2v) is 6.82. The molecule has 2 rings (SSSR count). The van der Waals surface area contributed by atoms with Crippen LogP contribution in [-0.4, -0.2) is 38.0 Å². The van der Waals surface area contributed by atoms with E-state index in [2.05, 4.69) is 26.1 Å². The van der Waals surface area contributed by atoms with Gasteiger partial charge in [0.1, 0.15) is 0 Å². The summed E-state index contributed by atoms with van der Waals surface area (Å²) in [6.45, 7) is 9.04. The van der Waals surface area contributed by atoms with Crippen molar-refractivity contribution < 1.29 is 9.47 Å². The molecule has 118 valence electrons. The quantitative estimate of drug-likeness (QED) is 0.691. The summed E-state index contributed by atoms with van der Waals surface area (Å²) in [6, 6.07) is 0.693. The van der Waals surface area contributed by atoms with Gasteiger partial charge >= 0.3 is 0 Å². The van der Waals surface area contributed by atoms with Crippen molar-refractivity contribution in [1.29, 1.82) is 0 Å². The van der Waals surface area contributed by atoms with Gasteiger partial charge in [-0.3, -0.25) is 0 Å². The van der Waals surface area contributed by atoms with Crippen molar-refractivity contribution in [3.8, 4) is 0 Å². The van der Waals surface area contributed by atoms with Gasteiger partial charge in [-0.05, 0) is 46.1 Å². The summed E-state index contributed by atoms with van der Waals surface area (Å²) < 4.78 is 11.8. The first-order valence-electron chi connectivity index (χ1n) is 8.65. The third kappa shape index (κ3) is 3.75. The van der Waals surface area contributed by atoms with E-state index in [1.54, 1.807) is 0 Å². The van der Waals surface area contributed by atoms with E-state index in [4.69, 9.17) is 9.47 Å². The van der Waals surface area contributed by atoms with Crippen LogP contribution in [0.25, 0.3) is 0 Å². The molecule has 2 fully saturated rings. The molecule has 2 atom stereocenters. The minimum Gasteiger partial charge on any atom is -0.376 e. The molecule has 2 unspecified atom stereocenters. The van der Waals surface area contributed by atoms with Crippen LogP contribution in [0, 0.1) is 5.41 Å². The number of rotatable bonds is 8. The molecule has 0 aromatic carbocycles. The second kappa shape index (κ2) is 7.77. The largest absolute Gasteiger partial charge is 0.376 e. The maximum absolute atomic E-state index is 6.17. The van der Waals surface area contributed by atoms with E-state index in [9.17, 15) is 0 Å². The first-order valence-corrected chi connectivity index (χ1v) is 8.65. The van der Waals surface area contributed by atoms with Crippen molar-refractivity contribution in [2.24, 2.45) is 5.41 Å². The Morgan fingerprint density at radius 3 is 2.55 bits per heavy atom. The van der Waals surface area contributed by atoms with Gasteiger partial charge < -0.3 is 14.8 Å². The molecule has 2 aliphatic carbocycles. The monoisotopic (exact) mass is 283 g/mol. The minimum atomic E-state index is 0.308. The molecule has 0 aromatic heterocycles. The second-order valence-electron chi connectivity index (χ2n) is 6.82. The van der Waals surface area contributed by atoms with Crippen LogP contribution >= 0.6 is 0 Å². The fourth-order valence-corrected chi connectivity index (χ4v) is 3.94. The van der Waals surface area contributed by atoms with E-state index in [0.717, 1.165) is 19.8 Å². The minimum absolute atomic E-state index is 0.308. The van der Waals surface area contributed by atoms with E-state index in [0.29, 0.717) is 23.7 Å². The van der Waals surface area contributed by atoms with Gasteiger partial charge in [-0.1, -0.05) is 26.2 Å². The van der Waals surface area contributed by atoms with Crippen LogP contribution < -0.4 is 5.32 Å². The molecule has 2 aliphatic rings. The Morgan fingerprint density at radius 2 is 1.90 bits per heavy atom. The molecule has 0 saturated heterocycles. The van der Waals surface area contributed by atoms with Crippen LogP contribution in [0.5, 0.6) is 0 Å². The maximum atomic E-state index is 6.17. The lowest BCUT2D eigenvalue weighted by atomic mass is 9.55. The molecule has 0 aromatic rings. The molecule has 2 saturated carbocycles. The Bertz CT molecular complexity index is 274. The molecule has 0 bridgehead atoms. The van der Waals surface area contributed by atoms with Gasteiger partial charge in [-0.2, -0.15) is 0 Å². The summed E-state index contributed by atoms with van der Waals surface area (Å²) >= 11 is 0. The van der Waals surface area contributed by atoms with Crippen molar-refractivity contribution in [1.82, 2.24) is 5.32 Å². The normalized spacial score (nSPS) is 28.8. The van der Waals surface area contributed by atoms with Crippen LogP contribution in [0.15, 0.2) is 0 Å². The summed E-state index contributed by atoms with van der Waals surface area (Å²) in [5.41, 5.74) is 0.436. The fraction of sp³-hybridized carbons (Fsp3) is 1.00. The van der Waals surface area contributed by atoms with E-state index < -0.39 is 0 Å². The Kier molecular flexibility index (Phi) is 6.31. The molecule has 0 radical (unpaired) electrons. The summed E-state index contributed by atoms with van der Waals surface area (Å²) in [4.78, 5) is 0. The van der Waals surface area contributed by atoms with Crippen molar-refractivity contribution >= 4 is 0 Å². The zero-order valence-corrected chi connectivity index (χ0v) is 13.6. The van der Waals surface area contributed by atoms with Crippen LogP contribution in [0.1, 0.15) is 65.7 Å². The first-order chi connectivity index (χ1) is 9.69. The topological polar surface area (TPSA) is 30.5 Å². The third-order valence-electron chi connectivity index (χ3n) is 5.06. The summed E-state index contributed by atoms with van der Waals surface area (Å²) in [5, 5.41) is 3.76. The van der Waals surface area contributed by atoms with E-state index in [-0.39, 0.29) is 0 Å². The Labute approximate surface area is 124 Å². The lowest BCUT2D eigenvalue weighted by molar-refractivity contribution is -0.160. The van der Waals surface area contributed by atoms with E-state index in [1.807, 2.05) is 0 Å². The Morgan fingerprint density at radius 1 is 1.15 bits per heavy atom. The van der Waals surface area contributed by atoms with E-state index in [1.165, 1.54) is 44.9 Å². The van der Waals surface area contributed by atoms with Crippen LogP contribution in [-0.2, 0) is 9.47 Å². The molecule has 20 heavy (non-hydrogen) atoms. The average Bonchev–Trinajstić information content (AvgIpc) is 2.45. The standard InChI is InChI=1S/C17H33NO2/c1-4-10-18-15-13-16(20-12-11-19-14(2)3)17(15)8-6-5-7-9-17/h14-16,18H,4-13H2,1-3H3. The smallest absolute Gasteiger partial charge is 0.0704 e. The highest BCUT2D eigenvalue weighted by atomic mass is 16.5. The van der Waals surface area contributed by atoms with Gasteiger partial charge in [-0.25, -0.2) is 0 Å². The summed E-state index contributed by atoms with van der Waals surface area (Å²) in [6.07, 6.45) is 10.1. The molecule has 0 aliphatic heterocycles. The SMILES string of the molecule is CCCNC1CC(OCCOC(C)C)C12CCCCC2. The molecule has 1 spiro atoms. The number of hydrogen-bond donors (Lipinski definition) is 1. The highest BCUT2D eigenvalue weighted by Crippen LogP contribution is 2.53. The van der Waals surface area contributed by atoms with Crippen molar-refractivity contribution in [2.75, 3.05) is 19.8 Å². The van der Waals surface area contributed by atoms with Crippen LogP contribution in [0.4, 0.5) is 0 Å². The van der Waals surface area contributed by atoms with Crippen molar-refractivity contribution in [2.45, 2.75) is 84.0 Å². The summed E-state index contributed by atoms with van der Waals surface area (Å²) in [5.74, 6) is 0. The van der Waals surface area contributed by atoms with Gasteiger partial charge in [0.25, 0.3) is 0 Å². The molecule has 1 N–H and O–H groups in total. The molecular weight excluding hydrogens is 250 g/mol. The number of nitrogens with one attached hydrogen (secondary N) is 1. The summed E-state index contributed by atoms with van der Waals surface area (Å²) in [7, 11) is 0. The molecule has 3 nitrogen and oxygen atoms in total. The lowest BCUT2D eigenvalue weighted by Crippen LogP contribution is -2.64. The van der Waals surface area contributed by atoms with Gasteiger partial charge in [0, 0.05) is 11.5 Å². The van der Waals surface area contributed by atoms with Gasteiger partial charge in [0.05, 0.1) is 25.4 Å². The molecule has 3 heteroatoms. The van der Waals surface area contributed by atoms with Crippen molar-refractivity contribution in [3.63, 3.8) is 0 Å². The lowest BCUT2D eigenvalue weighted by Gasteiger charge is -2.58. The molecule has 0 amide bonds. The molecule has 0 heterocycles. The number of hydrogen-bond acceptors (Lipinski definition) is 3. The van der Waals surface area contributed by atoms with E-state index >= 15 is 0 Å². The predicted molar refractivity (Wildman–Crippen MR) is 83.0 cm³/mol. The zero-order valence-electron chi connectivity index (χ0n) is 13.6. The van der Waals surface area contributed by atoms with Crippen LogP contribution in [0.2, 0.25) is 0 Å². The highest BCUT2D eigenvalue weighted by molar-refractivity contribution is 5.08. The average molecular weight is 283 g/mol. The fourth-order valence-electron chi connectivity index (χ4n) is 3.94. The van der Waals surface area contributed by atoms with Crippen LogP contribution in [0.3, 0.4) is 0 Å². The zero-order chi connectivity index (χ0) is 14.4. The Balaban J connectivity index is 1.79. The maximum Gasteiger partial charge on any atom is 0.0704 e. The Hall–Kier alpha value is -0.120. The number of ether oxygens (including phenoxy) is 2. The third-order valence-corrected chi connectivity index (χ3v) is 5.06.